The summed E-state index contributed by atoms with van der Waals surface area (Å²) in [6.07, 6.45) is 8.55. The van der Waals surface area contributed by atoms with Crippen LogP contribution in [0.5, 0.6) is 0 Å². The molecular formula is C16H26N4O. The number of hydrogen-bond acceptors (Lipinski definition) is 4. The first-order chi connectivity index (χ1) is 10.3. The highest BCUT2D eigenvalue weighted by molar-refractivity contribution is 5.16. The molecule has 0 saturated carbocycles. The van der Waals surface area contributed by atoms with Crippen molar-refractivity contribution in [3.63, 3.8) is 0 Å². The van der Waals surface area contributed by atoms with Crippen LogP contribution in [0.1, 0.15) is 63.4 Å². The second-order valence-electron chi connectivity index (χ2n) is 5.37. The van der Waals surface area contributed by atoms with Crippen molar-refractivity contribution < 1.29 is 4.52 Å². The van der Waals surface area contributed by atoms with Gasteiger partial charge < -0.3 is 14.4 Å². The van der Waals surface area contributed by atoms with Crippen LogP contribution in [0.15, 0.2) is 23.0 Å². The Morgan fingerprint density at radius 3 is 2.81 bits per heavy atom. The smallest absolute Gasteiger partial charge is 0.226 e. The van der Waals surface area contributed by atoms with E-state index in [0.29, 0.717) is 18.5 Å². The number of aryl methyl sites for hydroxylation is 1. The highest BCUT2D eigenvalue weighted by atomic mass is 16.5. The molecule has 0 radical (unpaired) electrons. The lowest BCUT2D eigenvalue weighted by Crippen LogP contribution is -2.21. The molecule has 21 heavy (non-hydrogen) atoms. The van der Waals surface area contributed by atoms with Crippen molar-refractivity contribution in [3.05, 3.63) is 35.7 Å². The van der Waals surface area contributed by atoms with Gasteiger partial charge in [0.25, 0.3) is 0 Å². The molecule has 0 fully saturated rings. The predicted octanol–water partition coefficient (Wildman–Crippen LogP) is 3.32. The average Bonchev–Trinajstić information content (AvgIpc) is 3.13. The average molecular weight is 290 g/mol. The van der Waals surface area contributed by atoms with E-state index < -0.39 is 0 Å². The highest BCUT2D eigenvalue weighted by Gasteiger charge is 2.12. The maximum absolute atomic E-state index is 5.15. The van der Waals surface area contributed by atoms with E-state index in [2.05, 4.69) is 52.3 Å². The first kappa shape index (κ1) is 15.8. The van der Waals surface area contributed by atoms with Gasteiger partial charge in [-0.15, -0.1) is 0 Å². The Kier molecular flexibility index (Phi) is 5.99. The molecule has 0 spiro atoms. The molecule has 5 nitrogen and oxygen atoms in total. The molecular weight excluding hydrogens is 264 g/mol. The van der Waals surface area contributed by atoms with Crippen molar-refractivity contribution in [1.29, 1.82) is 0 Å². The van der Waals surface area contributed by atoms with Crippen LogP contribution in [0.2, 0.25) is 0 Å². The number of nitrogens with one attached hydrogen (secondary N) is 1. The molecule has 116 valence electrons. The Hall–Kier alpha value is -1.62. The minimum atomic E-state index is 0.438. The summed E-state index contributed by atoms with van der Waals surface area (Å²) in [5, 5.41) is 7.61. The topological polar surface area (TPSA) is 55.9 Å². The van der Waals surface area contributed by atoms with Crippen molar-refractivity contribution in [1.82, 2.24) is 20.0 Å². The fourth-order valence-corrected chi connectivity index (χ4v) is 2.42. The van der Waals surface area contributed by atoms with Gasteiger partial charge in [0.1, 0.15) is 0 Å². The molecule has 0 amide bonds. The lowest BCUT2D eigenvalue weighted by molar-refractivity contribution is 0.375. The molecule has 2 rings (SSSR count). The quantitative estimate of drug-likeness (QED) is 0.769. The van der Waals surface area contributed by atoms with Crippen molar-refractivity contribution >= 4 is 0 Å². The van der Waals surface area contributed by atoms with E-state index in [1.54, 1.807) is 0 Å². The van der Waals surface area contributed by atoms with Crippen LogP contribution in [0, 0.1) is 0 Å². The molecule has 0 bridgehead atoms. The van der Waals surface area contributed by atoms with E-state index in [4.69, 9.17) is 4.52 Å². The van der Waals surface area contributed by atoms with Crippen LogP contribution in [0.4, 0.5) is 0 Å². The Bertz CT molecular complexity index is 532. The lowest BCUT2D eigenvalue weighted by Gasteiger charge is -2.16. The molecule has 0 aliphatic carbocycles. The van der Waals surface area contributed by atoms with Gasteiger partial charge >= 0.3 is 0 Å². The SMILES string of the molecule is CCCNC(CCC)c1ccn(Cc2noc(CC)n2)c1. The van der Waals surface area contributed by atoms with E-state index in [-0.39, 0.29) is 0 Å². The number of aromatic nitrogens is 3. The Balaban J connectivity index is 2.01. The van der Waals surface area contributed by atoms with Crippen LogP contribution in [0.3, 0.4) is 0 Å². The minimum absolute atomic E-state index is 0.438. The summed E-state index contributed by atoms with van der Waals surface area (Å²) in [7, 11) is 0. The molecule has 0 saturated heterocycles. The molecule has 1 atom stereocenters. The van der Waals surface area contributed by atoms with Gasteiger partial charge in [-0.25, -0.2) is 0 Å². The summed E-state index contributed by atoms with van der Waals surface area (Å²) in [5.74, 6) is 1.44. The largest absolute Gasteiger partial charge is 0.346 e. The molecule has 2 aromatic rings. The zero-order valence-corrected chi connectivity index (χ0v) is 13.3. The van der Waals surface area contributed by atoms with E-state index in [1.807, 2.05) is 6.92 Å². The third-order valence-corrected chi connectivity index (χ3v) is 3.53. The van der Waals surface area contributed by atoms with Crippen LogP contribution < -0.4 is 5.32 Å². The van der Waals surface area contributed by atoms with Crippen molar-refractivity contribution in [2.24, 2.45) is 0 Å². The van der Waals surface area contributed by atoms with Gasteiger partial charge in [0.05, 0.1) is 6.54 Å². The molecule has 1 unspecified atom stereocenters. The summed E-state index contributed by atoms with van der Waals surface area (Å²) in [6.45, 7) is 8.16. The molecule has 0 aliphatic rings. The Morgan fingerprint density at radius 2 is 2.14 bits per heavy atom. The van der Waals surface area contributed by atoms with Crippen molar-refractivity contribution in [2.45, 2.75) is 59.0 Å². The van der Waals surface area contributed by atoms with Crippen LogP contribution in [0.25, 0.3) is 0 Å². The minimum Gasteiger partial charge on any atom is -0.346 e. The summed E-state index contributed by atoms with van der Waals surface area (Å²) < 4.78 is 7.27. The van der Waals surface area contributed by atoms with E-state index in [9.17, 15) is 0 Å². The number of rotatable bonds is 9. The van der Waals surface area contributed by atoms with Crippen LogP contribution >= 0.6 is 0 Å². The third-order valence-electron chi connectivity index (χ3n) is 3.53. The maximum atomic E-state index is 5.15. The van der Waals surface area contributed by atoms with Gasteiger partial charge in [0.2, 0.25) is 5.89 Å². The molecule has 0 aliphatic heterocycles. The van der Waals surface area contributed by atoms with E-state index in [1.165, 1.54) is 12.0 Å². The highest BCUT2D eigenvalue weighted by Crippen LogP contribution is 2.19. The molecule has 2 heterocycles. The predicted molar refractivity (Wildman–Crippen MR) is 83.2 cm³/mol. The van der Waals surface area contributed by atoms with Crippen LogP contribution in [-0.4, -0.2) is 21.3 Å². The fourth-order valence-electron chi connectivity index (χ4n) is 2.42. The van der Waals surface area contributed by atoms with Gasteiger partial charge in [0.15, 0.2) is 5.82 Å². The second kappa shape index (κ2) is 7.98. The maximum Gasteiger partial charge on any atom is 0.226 e. The fraction of sp³-hybridized carbons (Fsp3) is 0.625. The lowest BCUT2D eigenvalue weighted by atomic mass is 10.1. The summed E-state index contributed by atoms with van der Waals surface area (Å²) in [6, 6.07) is 2.62. The standard InChI is InChI=1S/C16H26N4O/c1-4-7-14(17-9-5-2)13-8-10-20(11-13)12-15-18-16(6-3)21-19-15/h8,10-11,14,17H,4-7,9,12H2,1-3H3. The zero-order valence-electron chi connectivity index (χ0n) is 13.3. The summed E-state index contributed by atoms with van der Waals surface area (Å²) in [4.78, 5) is 4.35. The summed E-state index contributed by atoms with van der Waals surface area (Å²) in [5.41, 5.74) is 1.34. The second-order valence-corrected chi connectivity index (χ2v) is 5.37. The molecule has 1 N–H and O–H groups in total. The van der Waals surface area contributed by atoms with Gasteiger partial charge in [-0.2, -0.15) is 4.98 Å². The van der Waals surface area contributed by atoms with Gasteiger partial charge in [0, 0.05) is 24.9 Å². The monoisotopic (exact) mass is 290 g/mol. The Labute approximate surface area is 126 Å². The van der Waals surface area contributed by atoms with Gasteiger partial charge in [-0.05, 0) is 31.0 Å². The van der Waals surface area contributed by atoms with Crippen molar-refractivity contribution in [2.75, 3.05) is 6.54 Å². The third kappa shape index (κ3) is 4.43. The molecule has 0 aromatic carbocycles. The Morgan fingerprint density at radius 1 is 1.29 bits per heavy atom. The first-order valence-electron chi connectivity index (χ1n) is 7.97. The molecule has 5 heteroatoms. The van der Waals surface area contributed by atoms with E-state index >= 15 is 0 Å². The van der Waals surface area contributed by atoms with E-state index in [0.717, 1.165) is 31.6 Å². The number of hydrogen-bond donors (Lipinski definition) is 1. The van der Waals surface area contributed by atoms with Crippen molar-refractivity contribution in [3.8, 4) is 0 Å². The van der Waals surface area contributed by atoms with Gasteiger partial charge in [-0.3, -0.25) is 0 Å². The summed E-state index contributed by atoms with van der Waals surface area (Å²) >= 11 is 0. The van der Waals surface area contributed by atoms with Gasteiger partial charge in [-0.1, -0.05) is 32.3 Å². The first-order valence-corrected chi connectivity index (χ1v) is 7.97. The molecule has 2 aromatic heterocycles. The number of nitrogens with zero attached hydrogens (tertiary/aromatic N) is 3. The zero-order chi connectivity index (χ0) is 15.1. The van der Waals surface area contributed by atoms with Crippen LogP contribution in [-0.2, 0) is 13.0 Å². The normalized spacial score (nSPS) is 12.7.